The smallest absolute Gasteiger partial charge is 0.330 e. The Hall–Kier alpha value is -3.73. The van der Waals surface area contributed by atoms with E-state index >= 15 is 0 Å². The molecular formula is C52H76O4. The number of carbonyl (C=O) groups excluding carboxylic acids is 1. The summed E-state index contributed by atoms with van der Waals surface area (Å²) in [5.74, 6) is 0.00854. The topological polar surface area (TPSA) is 66.8 Å². The maximum atomic E-state index is 12.6. The number of ether oxygens (including phenoxy) is 1. The van der Waals surface area contributed by atoms with E-state index in [9.17, 15) is 15.0 Å². The van der Waals surface area contributed by atoms with Crippen LogP contribution in [0.2, 0.25) is 0 Å². The minimum absolute atomic E-state index is 0.0341. The van der Waals surface area contributed by atoms with Crippen molar-refractivity contribution < 1.29 is 19.7 Å². The number of rotatable bonds is 21. The Morgan fingerprint density at radius 2 is 1.36 bits per heavy atom. The number of aliphatic hydroxyl groups excluding tert-OH is 2. The van der Waals surface area contributed by atoms with Gasteiger partial charge in [-0.2, -0.15) is 0 Å². The summed E-state index contributed by atoms with van der Waals surface area (Å²) in [6, 6.07) is 0. The van der Waals surface area contributed by atoms with E-state index in [1.54, 1.807) is 6.08 Å². The third kappa shape index (κ3) is 19.4. The van der Waals surface area contributed by atoms with Crippen molar-refractivity contribution in [3.8, 4) is 0 Å². The highest BCUT2D eigenvalue weighted by molar-refractivity contribution is 5.82. The van der Waals surface area contributed by atoms with Crippen LogP contribution in [0.15, 0.2) is 142 Å². The molecule has 0 saturated heterocycles. The van der Waals surface area contributed by atoms with E-state index in [-0.39, 0.29) is 35.6 Å². The fraction of sp³-hybridized carbons (Fsp3) is 0.519. The van der Waals surface area contributed by atoms with E-state index < -0.39 is 0 Å². The first-order valence-corrected chi connectivity index (χ1v) is 21.2. The predicted molar refractivity (Wildman–Crippen MR) is 241 cm³/mol. The SMILES string of the molecule is CCCCCCCCC/C=C/C(=O)OCC(=C\C=C\C(C)=C\C=C\C=C(C)\C=C\C=C(C)\C=C\C1C(C)=C[C@H](O)CC1(C)C)/C=C/C1=C(C)C[C@@H](O)CC1(C)C. The van der Waals surface area contributed by atoms with Gasteiger partial charge in [0.2, 0.25) is 0 Å². The monoisotopic (exact) mass is 765 g/mol. The molecule has 4 heteroatoms. The second kappa shape index (κ2) is 25.5. The molecule has 0 aliphatic heterocycles. The highest BCUT2D eigenvalue weighted by atomic mass is 16.5. The lowest BCUT2D eigenvalue weighted by molar-refractivity contribution is -0.136. The summed E-state index contributed by atoms with van der Waals surface area (Å²) >= 11 is 0. The first-order chi connectivity index (χ1) is 26.5. The van der Waals surface area contributed by atoms with Crippen LogP contribution in [0.1, 0.15) is 140 Å². The molecule has 2 aliphatic rings. The van der Waals surface area contributed by atoms with Gasteiger partial charge in [0.1, 0.15) is 6.61 Å². The summed E-state index contributed by atoms with van der Waals surface area (Å²) in [5, 5.41) is 20.5. The van der Waals surface area contributed by atoms with Crippen LogP contribution < -0.4 is 0 Å². The number of carbonyl (C=O) groups is 1. The summed E-state index contributed by atoms with van der Waals surface area (Å²) in [4.78, 5) is 12.6. The molecule has 3 atom stereocenters. The van der Waals surface area contributed by atoms with E-state index in [0.29, 0.717) is 12.3 Å². The van der Waals surface area contributed by atoms with Gasteiger partial charge in [0.05, 0.1) is 12.2 Å². The van der Waals surface area contributed by atoms with Gasteiger partial charge in [-0.3, -0.25) is 0 Å². The minimum atomic E-state index is -0.349. The average molecular weight is 765 g/mol. The Balaban J connectivity index is 2.03. The molecular weight excluding hydrogens is 689 g/mol. The number of unbranched alkanes of at least 4 members (excludes halogenated alkanes) is 7. The van der Waals surface area contributed by atoms with Crippen LogP contribution in [0.5, 0.6) is 0 Å². The van der Waals surface area contributed by atoms with Gasteiger partial charge in [0, 0.05) is 12.0 Å². The lowest BCUT2D eigenvalue weighted by Gasteiger charge is -2.38. The molecule has 0 aromatic rings. The van der Waals surface area contributed by atoms with Crippen molar-refractivity contribution in [2.75, 3.05) is 6.61 Å². The largest absolute Gasteiger partial charge is 0.458 e. The van der Waals surface area contributed by atoms with Gasteiger partial charge in [-0.05, 0) is 88.7 Å². The van der Waals surface area contributed by atoms with Gasteiger partial charge in [-0.1, -0.05) is 198 Å². The van der Waals surface area contributed by atoms with Gasteiger partial charge in [-0.15, -0.1) is 0 Å². The van der Waals surface area contributed by atoms with Gasteiger partial charge in [0.25, 0.3) is 0 Å². The van der Waals surface area contributed by atoms with Crippen molar-refractivity contribution in [3.05, 3.63) is 142 Å². The van der Waals surface area contributed by atoms with Crippen molar-refractivity contribution in [2.45, 2.75) is 152 Å². The maximum absolute atomic E-state index is 12.6. The van der Waals surface area contributed by atoms with E-state index in [2.05, 4.69) is 124 Å². The van der Waals surface area contributed by atoms with Gasteiger partial charge in [0.15, 0.2) is 0 Å². The van der Waals surface area contributed by atoms with Gasteiger partial charge < -0.3 is 14.9 Å². The number of hydrogen-bond donors (Lipinski definition) is 2. The first kappa shape index (κ1) is 48.4. The van der Waals surface area contributed by atoms with E-state index in [4.69, 9.17) is 4.74 Å². The first-order valence-electron chi connectivity index (χ1n) is 21.2. The van der Waals surface area contributed by atoms with E-state index in [0.717, 1.165) is 42.4 Å². The quantitative estimate of drug-likeness (QED) is 0.0402. The molecule has 0 fully saturated rings. The normalized spacial score (nSPS) is 22.9. The Bertz CT molecular complexity index is 1620. The molecule has 2 aliphatic carbocycles. The molecule has 2 rings (SSSR count). The molecule has 0 saturated carbocycles. The molecule has 0 aromatic carbocycles. The van der Waals surface area contributed by atoms with Crippen molar-refractivity contribution in [2.24, 2.45) is 16.7 Å². The van der Waals surface area contributed by atoms with E-state index in [1.165, 1.54) is 60.8 Å². The molecule has 0 spiro atoms. The van der Waals surface area contributed by atoms with Crippen LogP contribution in [0.4, 0.5) is 0 Å². The van der Waals surface area contributed by atoms with Crippen molar-refractivity contribution in [3.63, 3.8) is 0 Å². The lowest BCUT2D eigenvalue weighted by Crippen LogP contribution is -2.32. The molecule has 4 nitrogen and oxygen atoms in total. The molecule has 2 N–H and O–H groups in total. The number of aliphatic hydroxyl groups is 2. The van der Waals surface area contributed by atoms with Crippen LogP contribution in [0.25, 0.3) is 0 Å². The molecule has 1 unspecified atom stereocenters. The fourth-order valence-electron chi connectivity index (χ4n) is 7.79. The minimum Gasteiger partial charge on any atom is -0.458 e. The molecule has 0 heterocycles. The van der Waals surface area contributed by atoms with Crippen molar-refractivity contribution >= 4 is 5.97 Å². The predicted octanol–water partition coefficient (Wildman–Crippen LogP) is 13.6. The third-order valence-corrected chi connectivity index (χ3v) is 10.8. The molecule has 0 amide bonds. The lowest BCUT2D eigenvalue weighted by atomic mass is 9.67. The van der Waals surface area contributed by atoms with Crippen LogP contribution in [0.3, 0.4) is 0 Å². The van der Waals surface area contributed by atoms with E-state index in [1.807, 2.05) is 42.5 Å². The average Bonchev–Trinajstić information content (AvgIpc) is 3.09. The Morgan fingerprint density at radius 1 is 0.768 bits per heavy atom. The third-order valence-electron chi connectivity index (χ3n) is 10.8. The number of allylic oxidation sites excluding steroid dienone is 19. The standard InChI is InChI=1S/C52H76O4/c1-11-12-13-14-15-16-17-18-19-30-50(55)56-39-45(32-34-49-44(6)36-47(54)38-52(49,9)10)29-23-28-41(3)25-21-20-24-40(2)26-22-27-42(4)31-33-48-43(5)35-46(53)37-51(48,7)8/h19-35,46-48,53-54H,11-18,36-39H2,1-10H3/b21-20+,26-22+,28-23+,30-19+,33-31+,34-32+,40-24+,41-25+,42-27+,45-29-/t46-,47+,48?/m0/s1. The summed E-state index contributed by atoms with van der Waals surface area (Å²) in [6.07, 6.45) is 46.0. The van der Waals surface area contributed by atoms with Crippen molar-refractivity contribution in [1.82, 2.24) is 0 Å². The van der Waals surface area contributed by atoms with Crippen LogP contribution in [0, 0.1) is 16.7 Å². The highest BCUT2D eigenvalue weighted by Gasteiger charge is 2.34. The summed E-state index contributed by atoms with van der Waals surface area (Å²) in [6.45, 7) is 21.7. The van der Waals surface area contributed by atoms with Gasteiger partial charge in [-0.25, -0.2) is 4.79 Å². The fourth-order valence-corrected chi connectivity index (χ4v) is 7.79. The molecule has 56 heavy (non-hydrogen) atoms. The zero-order valence-electron chi connectivity index (χ0n) is 36.7. The highest BCUT2D eigenvalue weighted by Crippen LogP contribution is 2.42. The second-order valence-electron chi connectivity index (χ2n) is 17.5. The number of esters is 1. The Labute approximate surface area is 342 Å². The zero-order chi connectivity index (χ0) is 41.6. The Morgan fingerprint density at radius 3 is 1.98 bits per heavy atom. The Kier molecular flexibility index (Phi) is 22.1. The molecule has 308 valence electrons. The summed E-state index contributed by atoms with van der Waals surface area (Å²) < 4.78 is 5.67. The van der Waals surface area contributed by atoms with Crippen molar-refractivity contribution in [1.29, 1.82) is 0 Å². The van der Waals surface area contributed by atoms with Crippen LogP contribution in [-0.2, 0) is 9.53 Å². The van der Waals surface area contributed by atoms with Crippen LogP contribution >= 0.6 is 0 Å². The molecule has 0 radical (unpaired) electrons. The summed E-state index contributed by atoms with van der Waals surface area (Å²) in [7, 11) is 0. The van der Waals surface area contributed by atoms with Crippen LogP contribution in [-0.4, -0.2) is 35.0 Å². The number of hydrogen-bond acceptors (Lipinski definition) is 4. The molecule has 0 aromatic heterocycles. The second-order valence-corrected chi connectivity index (χ2v) is 17.5. The summed E-state index contributed by atoms with van der Waals surface area (Å²) in [5.41, 5.74) is 7.90. The van der Waals surface area contributed by atoms with Gasteiger partial charge >= 0.3 is 5.97 Å². The maximum Gasteiger partial charge on any atom is 0.330 e. The molecule has 0 bridgehead atoms. The zero-order valence-corrected chi connectivity index (χ0v) is 36.7.